The van der Waals surface area contributed by atoms with Crippen molar-refractivity contribution in [1.82, 2.24) is 19.8 Å². The van der Waals surface area contributed by atoms with E-state index in [2.05, 4.69) is 75.2 Å². The average Bonchev–Trinajstić information content (AvgIpc) is 3.17. The Labute approximate surface area is 185 Å². The molecule has 3 aromatic rings. The number of hydrogen-bond acceptors (Lipinski definition) is 3. The summed E-state index contributed by atoms with van der Waals surface area (Å²) in [7, 11) is 0. The molecule has 1 fully saturated rings. The van der Waals surface area contributed by atoms with Crippen LogP contribution in [-0.4, -0.2) is 33.4 Å². The average molecular weight is 417 g/mol. The lowest BCUT2D eigenvalue weighted by molar-refractivity contribution is -0.126. The van der Waals surface area contributed by atoms with Crippen molar-refractivity contribution >= 4 is 5.91 Å². The van der Waals surface area contributed by atoms with Crippen LogP contribution in [0.3, 0.4) is 0 Å². The normalized spacial score (nSPS) is 16.9. The second kappa shape index (κ2) is 9.92. The Morgan fingerprint density at radius 1 is 1.06 bits per heavy atom. The Bertz CT molecular complexity index is 1010. The number of nitrogens with zero attached hydrogens (tertiary/aromatic N) is 3. The molecule has 5 heteroatoms. The van der Waals surface area contributed by atoms with Crippen molar-refractivity contribution in [2.75, 3.05) is 13.1 Å². The lowest BCUT2D eigenvalue weighted by atomic mass is 9.96. The fourth-order valence-corrected chi connectivity index (χ4v) is 4.35. The van der Waals surface area contributed by atoms with Gasteiger partial charge in [0.1, 0.15) is 5.82 Å². The van der Waals surface area contributed by atoms with Crippen LogP contribution in [0.1, 0.15) is 40.9 Å². The molecule has 0 saturated carbocycles. The van der Waals surface area contributed by atoms with E-state index in [-0.39, 0.29) is 11.8 Å². The Hall–Kier alpha value is -2.92. The van der Waals surface area contributed by atoms with E-state index in [0.717, 1.165) is 50.4 Å². The fraction of sp³-hybridized carbons (Fsp3) is 0.385. The molecule has 1 aromatic heterocycles. The predicted molar refractivity (Wildman–Crippen MR) is 124 cm³/mol. The Balaban J connectivity index is 1.26. The number of piperidine rings is 1. The fourth-order valence-electron chi connectivity index (χ4n) is 4.35. The van der Waals surface area contributed by atoms with Crippen molar-refractivity contribution in [3.05, 3.63) is 89.0 Å². The Morgan fingerprint density at radius 2 is 1.87 bits per heavy atom. The molecule has 1 amide bonds. The van der Waals surface area contributed by atoms with E-state index in [1.807, 2.05) is 19.3 Å². The van der Waals surface area contributed by atoms with Gasteiger partial charge in [0.25, 0.3) is 0 Å². The van der Waals surface area contributed by atoms with Gasteiger partial charge in [-0.1, -0.05) is 54.1 Å². The van der Waals surface area contributed by atoms with E-state index in [1.54, 1.807) is 0 Å². The van der Waals surface area contributed by atoms with Crippen LogP contribution in [0.2, 0.25) is 0 Å². The monoisotopic (exact) mass is 416 g/mol. The quantitative estimate of drug-likeness (QED) is 0.631. The van der Waals surface area contributed by atoms with Crippen LogP contribution < -0.4 is 5.32 Å². The van der Waals surface area contributed by atoms with Gasteiger partial charge in [0, 0.05) is 38.6 Å². The van der Waals surface area contributed by atoms with Crippen molar-refractivity contribution in [3.8, 4) is 0 Å². The van der Waals surface area contributed by atoms with Crippen LogP contribution in [-0.2, 0) is 24.4 Å². The number of nitrogens with one attached hydrogen (secondary N) is 1. The van der Waals surface area contributed by atoms with E-state index in [1.165, 1.54) is 16.7 Å². The molecule has 1 N–H and O–H groups in total. The summed E-state index contributed by atoms with van der Waals surface area (Å²) in [5.41, 5.74) is 4.98. The highest BCUT2D eigenvalue weighted by molar-refractivity contribution is 5.79. The zero-order chi connectivity index (χ0) is 21.6. The number of likely N-dealkylation sites (tertiary alicyclic amines) is 1. The van der Waals surface area contributed by atoms with Gasteiger partial charge in [0.15, 0.2) is 0 Å². The molecule has 1 aliphatic rings. The first-order valence-electron chi connectivity index (χ1n) is 11.2. The molecule has 0 aliphatic carbocycles. The summed E-state index contributed by atoms with van der Waals surface area (Å²) in [6.45, 7) is 8.36. The topological polar surface area (TPSA) is 50.2 Å². The highest BCUT2D eigenvalue weighted by atomic mass is 16.1. The first-order valence-corrected chi connectivity index (χ1v) is 11.2. The van der Waals surface area contributed by atoms with Crippen molar-refractivity contribution in [1.29, 1.82) is 0 Å². The van der Waals surface area contributed by atoms with E-state index >= 15 is 0 Å². The lowest BCUT2D eigenvalue weighted by Crippen LogP contribution is -2.42. The summed E-state index contributed by atoms with van der Waals surface area (Å²) >= 11 is 0. The SMILES string of the molecule is Cc1cccc(CN2CCCC(C(=O)NCc3ccc(Cn4ccnc4C)cc3)C2)c1. The number of imidazole rings is 1. The molecular formula is C26H32N4O. The third kappa shape index (κ3) is 5.82. The molecule has 2 aromatic carbocycles. The summed E-state index contributed by atoms with van der Waals surface area (Å²) in [4.78, 5) is 19.5. The summed E-state index contributed by atoms with van der Waals surface area (Å²) < 4.78 is 2.13. The van der Waals surface area contributed by atoms with E-state index in [0.29, 0.717) is 6.54 Å². The third-order valence-corrected chi connectivity index (χ3v) is 6.13. The highest BCUT2D eigenvalue weighted by Crippen LogP contribution is 2.19. The second-order valence-corrected chi connectivity index (χ2v) is 8.70. The van der Waals surface area contributed by atoms with Crippen molar-refractivity contribution in [2.24, 2.45) is 5.92 Å². The summed E-state index contributed by atoms with van der Waals surface area (Å²) in [6.07, 6.45) is 5.87. The number of rotatable bonds is 7. The summed E-state index contributed by atoms with van der Waals surface area (Å²) in [6, 6.07) is 17.1. The zero-order valence-electron chi connectivity index (χ0n) is 18.6. The smallest absolute Gasteiger partial charge is 0.224 e. The van der Waals surface area contributed by atoms with Crippen molar-refractivity contribution < 1.29 is 4.79 Å². The Kier molecular flexibility index (Phi) is 6.82. The van der Waals surface area contributed by atoms with Gasteiger partial charge in [-0.3, -0.25) is 9.69 Å². The molecule has 162 valence electrons. The van der Waals surface area contributed by atoms with Crippen LogP contribution in [0.4, 0.5) is 0 Å². The molecule has 31 heavy (non-hydrogen) atoms. The predicted octanol–water partition coefficient (Wildman–Crippen LogP) is 4.08. The number of aromatic nitrogens is 2. The van der Waals surface area contributed by atoms with Gasteiger partial charge in [-0.15, -0.1) is 0 Å². The molecule has 2 heterocycles. The van der Waals surface area contributed by atoms with Crippen molar-refractivity contribution in [3.63, 3.8) is 0 Å². The largest absolute Gasteiger partial charge is 0.352 e. The van der Waals surface area contributed by atoms with Gasteiger partial charge in [-0.2, -0.15) is 0 Å². The van der Waals surface area contributed by atoms with Crippen LogP contribution in [0.15, 0.2) is 60.9 Å². The molecule has 1 saturated heterocycles. The van der Waals surface area contributed by atoms with Gasteiger partial charge in [-0.05, 0) is 49.9 Å². The van der Waals surface area contributed by atoms with Gasteiger partial charge in [0.05, 0.1) is 5.92 Å². The van der Waals surface area contributed by atoms with Gasteiger partial charge in [0.2, 0.25) is 5.91 Å². The number of benzene rings is 2. The van der Waals surface area contributed by atoms with E-state index < -0.39 is 0 Å². The van der Waals surface area contributed by atoms with Gasteiger partial charge < -0.3 is 9.88 Å². The number of hydrogen-bond donors (Lipinski definition) is 1. The first kappa shape index (κ1) is 21.3. The Morgan fingerprint density at radius 3 is 2.61 bits per heavy atom. The van der Waals surface area contributed by atoms with Gasteiger partial charge >= 0.3 is 0 Å². The number of carbonyl (C=O) groups is 1. The van der Waals surface area contributed by atoms with Crippen LogP contribution in [0.25, 0.3) is 0 Å². The molecule has 1 atom stereocenters. The summed E-state index contributed by atoms with van der Waals surface area (Å²) in [5, 5.41) is 3.16. The molecule has 4 rings (SSSR count). The molecule has 1 aliphatic heterocycles. The maximum absolute atomic E-state index is 12.8. The van der Waals surface area contributed by atoms with Crippen LogP contribution >= 0.6 is 0 Å². The standard InChI is InChI=1S/C26H32N4O/c1-20-5-3-6-24(15-20)17-29-13-4-7-25(19-29)26(31)28-16-22-8-10-23(11-9-22)18-30-14-12-27-21(30)2/h3,5-6,8-12,14-15,25H,4,7,13,16-19H2,1-2H3,(H,28,31). The van der Waals surface area contributed by atoms with E-state index in [9.17, 15) is 4.79 Å². The van der Waals surface area contributed by atoms with Gasteiger partial charge in [-0.25, -0.2) is 4.98 Å². The van der Waals surface area contributed by atoms with E-state index in [4.69, 9.17) is 0 Å². The second-order valence-electron chi connectivity index (χ2n) is 8.70. The minimum Gasteiger partial charge on any atom is -0.352 e. The maximum Gasteiger partial charge on any atom is 0.224 e. The number of amides is 1. The maximum atomic E-state index is 12.8. The molecule has 0 bridgehead atoms. The molecule has 0 spiro atoms. The van der Waals surface area contributed by atoms with Crippen LogP contribution in [0.5, 0.6) is 0 Å². The third-order valence-electron chi connectivity index (χ3n) is 6.13. The number of aryl methyl sites for hydroxylation is 2. The minimum atomic E-state index is 0.0713. The van der Waals surface area contributed by atoms with Crippen LogP contribution in [0, 0.1) is 19.8 Å². The molecule has 0 radical (unpaired) electrons. The van der Waals surface area contributed by atoms with Crippen molar-refractivity contribution in [2.45, 2.75) is 46.3 Å². The molecular weight excluding hydrogens is 384 g/mol. The minimum absolute atomic E-state index is 0.0713. The highest BCUT2D eigenvalue weighted by Gasteiger charge is 2.25. The number of carbonyl (C=O) groups excluding carboxylic acids is 1. The zero-order valence-corrected chi connectivity index (χ0v) is 18.6. The first-order chi connectivity index (χ1) is 15.1. The lowest BCUT2D eigenvalue weighted by Gasteiger charge is -2.32. The molecule has 5 nitrogen and oxygen atoms in total. The summed E-state index contributed by atoms with van der Waals surface area (Å²) in [5.74, 6) is 1.26. The molecule has 1 unspecified atom stereocenters.